The van der Waals surface area contributed by atoms with E-state index in [0.29, 0.717) is 35.8 Å². The van der Waals surface area contributed by atoms with Crippen LogP contribution in [0.5, 0.6) is 11.5 Å². The van der Waals surface area contributed by atoms with E-state index in [9.17, 15) is 9.18 Å². The predicted octanol–water partition coefficient (Wildman–Crippen LogP) is 2.70. The van der Waals surface area contributed by atoms with Gasteiger partial charge in [0, 0.05) is 5.56 Å². The summed E-state index contributed by atoms with van der Waals surface area (Å²) in [7, 11) is 0. The largest absolute Gasteiger partial charge is 0.486 e. The first-order valence-corrected chi connectivity index (χ1v) is 7.06. The first-order valence-electron chi connectivity index (χ1n) is 7.06. The first kappa shape index (κ1) is 14.4. The van der Waals surface area contributed by atoms with Gasteiger partial charge in [-0.2, -0.15) is 0 Å². The van der Waals surface area contributed by atoms with Gasteiger partial charge in [-0.25, -0.2) is 4.39 Å². The van der Waals surface area contributed by atoms with Gasteiger partial charge in [-0.05, 0) is 36.8 Å². The Labute approximate surface area is 127 Å². The Hall–Kier alpha value is -2.56. The summed E-state index contributed by atoms with van der Waals surface area (Å²) in [5.41, 5.74) is 0.803. The third-order valence-electron chi connectivity index (χ3n) is 3.49. The standard InChI is InChI=1S/C17H16FNO3/c1-11-6-7-12(8-14(11)18)17(20)19-9-13-10-21-15-4-2-3-5-16(15)22-13/h2-8,13H,9-10H2,1H3,(H,19,20). The fourth-order valence-corrected chi connectivity index (χ4v) is 2.21. The van der Waals surface area contributed by atoms with Crippen molar-refractivity contribution >= 4 is 5.91 Å². The minimum absolute atomic E-state index is 0.269. The maximum Gasteiger partial charge on any atom is 0.251 e. The first-order chi connectivity index (χ1) is 10.6. The van der Waals surface area contributed by atoms with Gasteiger partial charge in [0.25, 0.3) is 5.91 Å². The van der Waals surface area contributed by atoms with E-state index < -0.39 is 0 Å². The van der Waals surface area contributed by atoms with Crippen molar-refractivity contribution in [2.24, 2.45) is 0 Å². The number of nitrogens with one attached hydrogen (secondary N) is 1. The van der Waals surface area contributed by atoms with Crippen LogP contribution in [0.25, 0.3) is 0 Å². The molecule has 1 aliphatic heterocycles. The second kappa shape index (κ2) is 6.05. The van der Waals surface area contributed by atoms with Crippen LogP contribution in [0.15, 0.2) is 42.5 Å². The van der Waals surface area contributed by atoms with Crippen LogP contribution in [-0.4, -0.2) is 25.2 Å². The van der Waals surface area contributed by atoms with Crippen molar-refractivity contribution in [1.29, 1.82) is 0 Å². The third-order valence-corrected chi connectivity index (χ3v) is 3.49. The van der Waals surface area contributed by atoms with Crippen molar-refractivity contribution in [1.82, 2.24) is 5.32 Å². The molecule has 0 aromatic heterocycles. The Morgan fingerprint density at radius 1 is 1.27 bits per heavy atom. The highest BCUT2D eigenvalue weighted by Crippen LogP contribution is 2.30. The molecule has 1 heterocycles. The monoisotopic (exact) mass is 301 g/mol. The number of benzene rings is 2. The molecule has 0 fully saturated rings. The number of rotatable bonds is 3. The zero-order chi connectivity index (χ0) is 15.5. The van der Waals surface area contributed by atoms with E-state index in [1.165, 1.54) is 6.07 Å². The Kier molecular flexibility index (Phi) is 3.96. The fraction of sp³-hybridized carbons (Fsp3) is 0.235. The molecule has 1 aliphatic rings. The second-order valence-electron chi connectivity index (χ2n) is 5.17. The summed E-state index contributed by atoms with van der Waals surface area (Å²) in [4.78, 5) is 12.0. The lowest BCUT2D eigenvalue weighted by atomic mass is 10.1. The normalized spacial score (nSPS) is 16.2. The fourth-order valence-electron chi connectivity index (χ4n) is 2.21. The molecule has 0 radical (unpaired) electrons. The zero-order valence-electron chi connectivity index (χ0n) is 12.1. The number of aryl methyl sites for hydroxylation is 1. The molecule has 2 aromatic carbocycles. The molecule has 22 heavy (non-hydrogen) atoms. The predicted molar refractivity (Wildman–Crippen MR) is 79.8 cm³/mol. The van der Waals surface area contributed by atoms with Crippen LogP contribution in [0.1, 0.15) is 15.9 Å². The van der Waals surface area contributed by atoms with Crippen LogP contribution in [0, 0.1) is 12.7 Å². The summed E-state index contributed by atoms with van der Waals surface area (Å²) in [6.07, 6.45) is -0.269. The Morgan fingerprint density at radius 3 is 2.82 bits per heavy atom. The molecule has 1 N–H and O–H groups in total. The van der Waals surface area contributed by atoms with Gasteiger partial charge in [0.05, 0.1) is 6.54 Å². The number of fused-ring (bicyclic) bond motifs is 1. The summed E-state index contributed by atoms with van der Waals surface area (Å²) >= 11 is 0. The molecule has 0 aliphatic carbocycles. The molecule has 0 saturated heterocycles. The van der Waals surface area contributed by atoms with Gasteiger partial charge in [0.15, 0.2) is 11.5 Å². The highest BCUT2D eigenvalue weighted by Gasteiger charge is 2.21. The number of carbonyl (C=O) groups is 1. The summed E-state index contributed by atoms with van der Waals surface area (Å²) in [5.74, 6) is 0.639. The molecule has 0 bridgehead atoms. The van der Waals surface area contributed by atoms with E-state index in [4.69, 9.17) is 9.47 Å². The molecule has 4 nitrogen and oxygen atoms in total. The molecule has 114 valence electrons. The zero-order valence-corrected chi connectivity index (χ0v) is 12.1. The molecule has 3 rings (SSSR count). The molecule has 0 saturated carbocycles. The van der Waals surface area contributed by atoms with Crippen LogP contribution in [0.3, 0.4) is 0 Å². The summed E-state index contributed by atoms with van der Waals surface area (Å²) in [6, 6.07) is 11.8. The summed E-state index contributed by atoms with van der Waals surface area (Å²) < 4.78 is 24.8. The number of para-hydroxylation sites is 2. The number of halogens is 1. The molecule has 1 amide bonds. The number of carbonyl (C=O) groups excluding carboxylic acids is 1. The van der Waals surface area contributed by atoms with Gasteiger partial charge in [-0.15, -0.1) is 0 Å². The van der Waals surface area contributed by atoms with Gasteiger partial charge in [-0.3, -0.25) is 4.79 Å². The second-order valence-corrected chi connectivity index (χ2v) is 5.17. The summed E-state index contributed by atoms with van der Waals surface area (Å²) in [5, 5.41) is 2.74. The Balaban J connectivity index is 1.59. The maximum atomic E-state index is 13.5. The molecule has 0 spiro atoms. The lowest BCUT2D eigenvalue weighted by molar-refractivity contribution is 0.0789. The molecule has 1 unspecified atom stereocenters. The average molecular weight is 301 g/mol. The number of hydrogen-bond donors (Lipinski definition) is 1. The van der Waals surface area contributed by atoms with Gasteiger partial charge < -0.3 is 14.8 Å². The summed E-state index contributed by atoms with van der Waals surface area (Å²) in [6.45, 7) is 2.31. The maximum absolute atomic E-state index is 13.5. The van der Waals surface area contributed by atoms with E-state index in [2.05, 4.69) is 5.32 Å². The van der Waals surface area contributed by atoms with Gasteiger partial charge in [-0.1, -0.05) is 18.2 Å². The lowest BCUT2D eigenvalue weighted by Crippen LogP contribution is -2.40. The molecular weight excluding hydrogens is 285 g/mol. The van der Waals surface area contributed by atoms with Crippen molar-refractivity contribution in [3.05, 3.63) is 59.4 Å². The van der Waals surface area contributed by atoms with Crippen molar-refractivity contribution < 1.29 is 18.7 Å². The smallest absolute Gasteiger partial charge is 0.251 e. The van der Waals surface area contributed by atoms with E-state index in [0.717, 1.165) is 0 Å². The van der Waals surface area contributed by atoms with E-state index in [-0.39, 0.29) is 17.8 Å². The number of ether oxygens (including phenoxy) is 2. The van der Waals surface area contributed by atoms with Gasteiger partial charge in [0.1, 0.15) is 18.5 Å². The van der Waals surface area contributed by atoms with Crippen LogP contribution in [0.4, 0.5) is 4.39 Å². The van der Waals surface area contributed by atoms with Crippen LogP contribution in [0.2, 0.25) is 0 Å². The lowest BCUT2D eigenvalue weighted by Gasteiger charge is -2.26. The molecule has 5 heteroatoms. The highest BCUT2D eigenvalue weighted by molar-refractivity contribution is 5.94. The van der Waals surface area contributed by atoms with Gasteiger partial charge >= 0.3 is 0 Å². The van der Waals surface area contributed by atoms with Crippen molar-refractivity contribution in [3.63, 3.8) is 0 Å². The molecular formula is C17H16FNO3. The Bertz CT molecular complexity index is 702. The quantitative estimate of drug-likeness (QED) is 0.948. The van der Waals surface area contributed by atoms with Crippen molar-refractivity contribution in [3.8, 4) is 11.5 Å². The Morgan fingerprint density at radius 2 is 2.05 bits per heavy atom. The number of amides is 1. The average Bonchev–Trinajstić information content (AvgIpc) is 2.55. The minimum Gasteiger partial charge on any atom is -0.486 e. The molecule has 2 aromatic rings. The van der Waals surface area contributed by atoms with Crippen molar-refractivity contribution in [2.75, 3.05) is 13.2 Å². The van der Waals surface area contributed by atoms with E-state index in [1.54, 1.807) is 19.1 Å². The van der Waals surface area contributed by atoms with Gasteiger partial charge in [0.2, 0.25) is 0 Å². The third kappa shape index (κ3) is 3.03. The molecule has 1 atom stereocenters. The van der Waals surface area contributed by atoms with E-state index in [1.807, 2.05) is 24.3 Å². The van der Waals surface area contributed by atoms with Crippen LogP contribution >= 0.6 is 0 Å². The minimum atomic E-state index is -0.390. The number of hydrogen-bond acceptors (Lipinski definition) is 3. The van der Waals surface area contributed by atoms with Crippen LogP contribution in [-0.2, 0) is 0 Å². The van der Waals surface area contributed by atoms with Crippen molar-refractivity contribution in [2.45, 2.75) is 13.0 Å². The highest BCUT2D eigenvalue weighted by atomic mass is 19.1. The van der Waals surface area contributed by atoms with Crippen LogP contribution < -0.4 is 14.8 Å². The SMILES string of the molecule is Cc1ccc(C(=O)NCC2COc3ccccc3O2)cc1F. The topological polar surface area (TPSA) is 47.6 Å². The van der Waals surface area contributed by atoms with E-state index >= 15 is 0 Å².